The van der Waals surface area contributed by atoms with E-state index in [9.17, 15) is 0 Å². The van der Waals surface area contributed by atoms with Crippen molar-refractivity contribution in [3.63, 3.8) is 0 Å². The van der Waals surface area contributed by atoms with E-state index in [0.29, 0.717) is 0 Å². The molecule has 1 heteroatoms. The van der Waals surface area contributed by atoms with E-state index in [-0.39, 0.29) is 0 Å². The topological polar surface area (TPSA) is 3.24 Å². The van der Waals surface area contributed by atoms with Crippen molar-refractivity contribution in [2.24, 2.45) is 0 Å². The molecular formula is C10H19N. The van der Waals surface area contributed by atoms with Gasteiger partial charge >= 0.3 is 0 Å². The molecule has 1 nitrogen and oxygen atoms in total. The van der Waals surface area contributed by atoms with E-state index in [0.717, 1.165) is 0 Å². The van der Waals surface area contributed by atoms with Gasteiger partial charge in [-0.3, -0.25) is 0 Å². The van der Waals surface area contributed by atoms with Gasteiger partial charge in [-0.15, -0.1) is 0 Å². The maximum atomic E-state index is 2.20. The van der Waals surface area contributed by atoms with Crippen LogP contribution in [-0.4, -0.2) is 19.0 Å². The second-order valence-electron chi connectivity index (χ2n) is 2.52. The number of nitrogens with zero attached hydrogens (tertiary/aromatic N) is 1. The lowest BCUT2D eigenvalue weighted by atomic mass is 10.1. The fourth-order valence-corrected chi connectivity index (χ4v) is 0.963. The first-order chi connectivity index (χ1) is 5.30. The normalized spacial score (nSPS) is 14.7. The molecule has 0 spiro atoms. The molecule has 0 heterocycles. The molecule has 0 aromatic carbocycles. The van der Waals surface area contributed by atoms with Gasteiger partial charge in [0.1, 0.15) is 0 Å². The van der Waals surface area contributed by atoms with Crippen molar-refractivity contribution in [1.82, 2.24) is 4.90 Å². The SMILES string of the molecule is CC.CN(C)C1=CC=CCC1. The lowest BCUT2D eigenvalue weighted by molar-refractivity contribution is 0.486. The van der Waals surface area contributed by atoms with E-state index < -0.39 is 0 Å². The smallest absolute Gasteiger partial charge is 0.0130 e. The van der Waals surface area contributed by atoms with Crippen LogP contribution in [0.15, 0.2) is 23.9 Å². The Hall–Kier alpha value is -0.720. The lowest BCUT2D eigenvalue weighted by Crippen LogP contribution is -2.11. The van der Waals surface area contributed by atoms with Crippen molar-refractivity contribution < 1.29 is 0 Å². The third kappa shape index (κ3) is 3.87. The third-order valence-electron chi connectivity index (χ3n) is 1.57. The highest BCUT2D eigenvalue weighted by atomic mass is 15.1. The molecule has 0 aromatic heterocycles. The summed E-state index contributed by atoms with van der Waals surface area (Å²) in [6.07, 6.45) is 8.89. The van der Waals surface area contributed by atoms with E-state index in [2.05, 4.69) is 37.2 Å². The minimum atomic E-state index is 1.20. The van der Waals surface area contributed by atoms with Gasteiger partial charge in [-0.25, -0.2) is 0 Å². The first kappa shape index (κ1) is 10.3. The van der Waals surface area contributed by atoms with Crippen molar-refractivity contribution in [2.75, 3.05) is 14.1 Å². The van der Waals surface area contributed by atoms with E-state index in [1.807, 2.05) is 13.8 Å². The summed E-state index contributed by atoms with van der Waals surface area (Å²) in [5.41, 5.74) is 1.43. The van der Waals surface area contributed by atoms with Gasteiger partial charge in [0.2, 0.25) is 0 Å². The quantitative estimate of drug-likeness (QED) is 0.560. The number of hydrogen-bond acceptors (Lipinski definition) is 1. The second-order valence-corrected chi connectivity index (χ2v) is 2.52. The second kappa shape index (κ2) is 6.02. The molecule has 0 N–H and O–H groups in total. The van der Waals surface area contributed by atoms with Gasteiger partial charge in [-0.2, -0.15) is 0 Å². The molecule has 0 saturated heterocycles. The first-order valence-electron chi connectivity index (χ1n) is 4.34. The Balaban J connectivity index is 0.000000461. The molecule has 0 fully saturated rings. The van der Waals surface area contributed by atoms with Crippen LogP contribution in [0.4, 0.5) is 0 Å². The first-order valence-corrected chi connectivity index (χ1v) is 4.34. The van der Waals surface area contributed by atoms with Crippen LogP contribution in [0.2, 0.25) is 0 Å². The van der Waals surface area contributed by atoms with Crippen molar-refractivity contribution >= 4 is 0 Å². The predicted octanol–water partition coefficient (Wildman–Crippen LogP) is 2.81. The van der Waals surface area contributed by atoms with E-state index >= 15 is 0 Å². The van der Waals surface area contributed by atoms with Gasteiger partial charge in [-0.1, -0.05) is 26.0 Å². The molecule has 1 rings (SSSR count). The van der Waals surface area contributed by atoms with Crippen molar-refractivity contribution in [2.45, 2.75) is 26.7 Å². The Morgan fingerprint density at radius 3 is 2.18 bits per heavy atom. The van der Waals surface area contributed by atoms with Crippen LogP contribution in [0, 0.1) is 0 Å². The largest absolute Gasteiger partial charge is 0.381 e. The monoisotopic (exact) mass is 153 g/mol. The van der Waals surface area contributed by atoms with Gasteiger partial charge < -0.3 is 4.90 Å². The van der Waals surface area contributed by atoms with Gasteiger partial charge in [0.15, 0.2) is 0 Å². The van der Waals surface area contributed by atoms with Crippen LogP contribution in [0.3, 0.4) is 0 Å². The Bertz CT molecular complexity index is 143. The number of rotatable bonds is 1. The van der Waals surface area contributed by atoms with Gasteiger partial charge in [0.05, 0.1) is 0 Å². The average molecular weight is 153 g/mol. The van der Waals surface area contributed by atoms with Gasteiger partial charge in [0.25, 0.3) is 0 Å². The standard InChI is InChI=1S/C8H13N.C2H6/c1-9(2)8-6-4-3-5-7-8;1-2/h3-4,6H,5,7H2,1-2H3;1-2H3. The molecule has 0 radical (unpaired) electrons. The van der Waals surface area contributed by atoms with Crippen molar-refractivity contribution in [3.05, 3.63) is 23.9 Å². The van der Waals surface area contributed by atoms with Crippen LogP contribution in [0.1, 0.15) is 26.7 Å². The van der Waals surface area contributed by atoms with Crippen LogP contribution in [0.25, 0.3) is 0 Å². The zero-order valence-corrected chi connectivity index (χ0v) is 8.09. The molecule has 0 unspecified atom stereocenters. The summed E-state index contributed by atoms with van der Waals surface area (Å²) in [5, 5.41) is 0. The van der Waals surface area contributed by atoms with Crippen LogP contribution >= 0.6 is 0 Å². The molecular weight excluding hydrogens is 134 g/mol. The van der Waals surface area contributed by atoms with E-state index in [1.165, 1.54) is 18.5 Å². The molecule has 64 valence electrons. The van der Waals surface area contributed by atoms with Gasteiger partial charge in [-0.05, 0) is 18.9 Å². The summed E-state index contributed by atoms with van der Waals surface area (Å²) in [6, 6.07) is 0. The van der Waals surface area contributed by atoms with E-state index in [4.69, 9.17) is 0 Å². The fraction of sp³-hybridized carbons (Fsp3) is 0.600. The summed E-state index contributed by atoms with van der Waals surface area (Å²) in [4.78, 5) is 2.17. The zero-order chi connectivity index (χ0) is 8.69. The average Bonchev–Trinajstić information content (AvgIpc) is 2.10. The van der Waals surface area contributed by atoms with Crippen LogP contribution in [-0.2, 0) is 0 Å². The maximum absolute atomic E-state index is 2.20. The molecule has 0 aliphatic heterocycles. The zero-order valence-electron chi connectivity index (χ0n) is 8.09. The van der Waals surface area contributed by atoms with E-state index in [1.54, 1.807) is 0 Å². The summed E-state index contributed by atoms with van der Waals surface area (Å²) in [5.74, 6) is 0. The molecule has 11 heavy (non-hydrogen) atoms. The Labute approximate surface area is 70.4 Å². The highest BCUT2D eigenvalue weighted by molar-refractivity contribution is 5.15. The van der Waals surface area contributed by atoms with Crippen LogP contribution in [0.5, 0.6) is 0 Å². The summed E-state index contributed by atoms with van der Waals surface area (Å²) < 4.78 is 0. The van der Waals surface area contributed by atoms with Crippen molar-refractivity contribution in [3.8, 4) is 0 Å². The number of hydrogen-bond donors (Lipinski definition) is 0. The Kier molecular flexibility index (Phi) is 5.63. The lowest BCUT2D eigenvalue weighted by Gasteiger charge is -2.17. The number of allylic oxidation sites excluding steroid dienone is 4. The summed E-state index contributed by atoms with van der Waals surface area (Å²) >= 11 is 0. The summed E-state index contributed by atoms with van der Waals surface area (Å²) in [6.45, 7) is 4.00. The highest BCUT2D eigenvalue weighted by Crippen LogP contribution is 2.12. The molecule has 1 aliphatic carbocycles. The highest BCUT2D eigenvalue weighted by Gasteiger charge is 1.98. The molecule has 0 atom stereocenters. The summed E-state index contributed by atoms with van der Waals surface area (Å²) in [7, 11) is 4.18. The molecule has 0 saturated carbocycles. The third-order valence-corrected chi connectivity index (χ3v) is 1.57. The molecule has 1 aliphatic rings. The molecule has 0 bridgehead atoms. The Morgan fingerprint density at radius 1 is 1.27 bits per heavy atom. The minimum Gasteiger partial charge on any atom is -0.381 e. The predicted molar refractivity (Wildman–Crippen MR) is 51.5 cm³/mol. The minimum absolute atomic E-state index is 1.20. The van der Waals surface area contributed by atoms with Crippen molar-refractivity contribution in [1.29, 1.82) is 0 Å². The maximum Gasteiger partial charge on any atom is 0.0130 e. The Morgan fingerprint density at radius 2 is 1.91 bits per heavy atom. The van der Waals surface area contributed by atoms with Crippen LogP contribution < -0.4 is 0 Å². The van der Waals surface area contributed by atoms with Gasteiger partial charge in [0, 0.05) is 19.8 Å². The fourth-order valence-electron chi connectivity index (χ4n) is 0.963. The molecule has 0 aromatic rings. The molecule has 0 amide bonds.